The van der Waals surface area contributed by atoms with Gasteiger partial charge >= 0.3 is 0 Å². The third kappa shape index (κ3) is 3.06. The van der Waals surface area contributed by atoms with Gasteiger partial charge in [-0.3, -0.25) is 4.90 Å². The minimum Gasteiger partial charge on any atom is -0.280 e. The fraction of sp³-hybridized carbons (Fsp3) is 0.938. The highest BCUT2D eigenvalue weighted by Crippen LogP contribution is 2.35. The Morgan fingerprint density at radius 1 is 0.833 bits per heavy atom. The molecule has 0 radical (unpaired) electrons. The molecule has 2 aliphatic rings. The molecule has 0 bridgehead atoms. The van der Waals surface area contributed by atoms with E-state index in [1.807, 2.05) is 0 Å². The summed E-state index contributed by atoms with van der Waals surface area (Å²) >= 11 is 0. The molecule has 18 heavy (non-hydrogen) atoms. The van der Waals surface area contributed by atoms with Gasteiger partial charge in [0.2, 0.25) is 0 Å². The van der Waals surface area contributed by atoms with Crippen LogP contribution in [0.25, 0.3) is 0 Å². The van der Waals surface area contributed by atoms with Gasteiger partial charge in [0.15, 0.2) is 0 Å². The van der Waals surface area contributed by atoms with E-state index in [0.717, 1.165) is 0 Å². The van der Waals surface area contributed by atoms with Crippen LogP contribution >= 0.6 is 0 Å². The standard InChI is InChI=1S/C16H28N2/c1-16(2,13-17)18(14-9-5-3-6-10-14)15-11-7-4-8-12-15/h14-15H,3-12H2,1-2H3. The molecule has 0 amide bonds. The minimum atomic E-state index is -0.288. The van der Waals surface area contributed by atoms with Crippen molar-refractivity contribution in [1.29, 1.82) is 5.26 Å². The number of rotatable bonds is 3. The van der Waals surface area contributed by atoms with Gasteiger partial charge in [-0.1, -0.05) is 38.5 Å². The molecule has 2 saturated carbocycles. The average Bonchev–Trinajstić information content (AvgIpc) is 2.41. The van der Waals surface area contributed by atoms with Crippen LogP contribution in [-0.4, -0.2) is 22.5 Å². The highest BCUT2D eigenvalue weighted by molar-refractivity contribution is 5.06. The second kappa shape index (κ2) is 6.06. The largest absolute Gasteiger partial charge is 0.280 e. The summed E-state index contributed by atoms with van der Waals surface area (Å²) in [6.07, 6.45) is 13.4. The van der Waals surface area contributed by atoms with Gasteiger partial charge in [-0.15, -0.1) is 0 Å². The van der Waals surface area contributed by atoms with E-state index in [-0.39, 0.29) is 5.54 Å². The van der Waals surface area contributed by atoms with Crippen molar-refractivity contribution in [2.24, 2.45) is 0 Å². The van der Waals surface area contributed by atoms with Crippen LogP contribution in [0.4, 0.5) is 0 Å². The summed E-state index contributed by atoms with van der Waals surface area (Å²) in [5, 5.41) is 9.53. The van der Waals surface area contributed by atoms with Crippen molar-refractivity contribution in [3.05, 3.63) is 0 Å². The number of nitrogens with zero attached hydrogens (tertiary/aromatic N) is 2. The van der Waals surface area contributed by atoms with E-state index in [1.54, 1.807) is 0 Å². The van der Waals surface area contributed by atoms with E-state index in [0.29, 0.717) is 12.1 Å². The van der Waals surface area contributed by atoms with Gasteiger partial charge < -0.3 is 0 Å². The van der Waals surface area contributed by atoms with Crippen LogP contribution in [0, 0.1) is 11.3 Å². The topological polar surface area (TPSA) is 27.0 Å². The first kappa shape index (κ1) is 13.9. The second-order valence-corrected chi connectivity index (χ2v) is 6.66. The van der Waals surface area contributed by atoms with Crippen LogP contribution in [0.1, 0.15) is 78.1 Å². The van der Waals surface area contributed by atoms with Crippen LogP contribution in [0.2, 0.25) is 0 Å². The summed E-state index contributed by atoms with van der Waals surface area (Å²) in [5.74, 6) is 0. The first-order valence-corrected chi connectivity index (χ1v) is 7.85. The van der Waals surface area contributed by atoms with Crippen LogP contribution in [0.15, 0.2) is 0 Å². The molecule has 0 N–H and O–H groups in total. The van der Waals surface area contributed by atoms with Gasteiger partial charge in [0.05, 0.1) is 6.07 Å². The molecule has 2 rings (SSSR count). The number of nitriles is 1. The van der Waals surface area contributed by atoms with Crippen molar-refractivity contribution < 1.29 is 0 Å². The van der Waals surface area contributed by atoms with E-state index < -0.39 is 0 Å². The second-order valence-electron chi connectivity index (χ2n) is 6.66. The first-order valence-electron chi connectivity index (χ1n) is 7.85. The lowest BCUT2D eigenvalue weighted by molar-refractivity contribution is 0.0199. The van der Waals surface area contributed by atoms with Gasteiger partial charge in [-0.05, 0) is 39.5 Å². The predicted octanol–water partition coefficient (Wildman–Crippen LogP) is 4.26. The normalized spacial score (nSPS) is 24.1. The molecule has 2 nitrogen and oxygen atoms in total. The molecular weight excluding hydrogens is 220 g/mol. The van der Waals surface area contributed by atoms with Crippen LogP contribution in [0.3, 0.4) is 0 Å². The molecule has 2 fully saturated rings. The monoisotopic (exact) mass is 248 g/mol. The van der Waals surface area contributed by atoms with Gasteiger partial charge in [0, 0.05) is 12.1 Å². The molecule has 2 aliphatic carbocycles. The lowest BCUT2D eigenvalue weighted by Gasteiger charge is -2.47. The summed E-state index contributed by atoms with van der Waals surface area (Å²) in [6, 6.07) is 3.89. The zero-order valence-corrected chi connectivity index (χ0v) is 12.1. The molecule has 0 atom stereocenters. The van der Waals surface area contributed by atoms with Crippen molar-refractivity contribution >= 4 is 0 Å². The van der Waals surface area contributed by atoms with Crippen molar-refractivity contribution in [2.75, 3.05) is 0 Å². The first-order chi connectivity index (χ1) is 8.65. The van der Waals surface area contributed by atoms with Gasteiger partial charge in [-0.25, -0.2) is 0 Å². The quantitative estimate of drug-likeness (QED) is 0.746. The lowest BCUT2D eigenvalue weighted by atomic mass is 9.85. The maximum Gasteiger partial charge on any atom is 0.104 e. The van der Waals surface area contributed by atoms with Gasteiger partial charge in [-0.2, -0.15) is 5.26 Å². The third-order valence-electron chi connectivity index (χ3n) is 4.86. The summed E-state index contributed by atoms with van der Waals surface area (Å²) in [5.41, 5.74) is -0.288. The van der Waals surface area contributed by atoms with Crippen LogP contribution in [0.5, 0.6) is 0 Å². The molecule has 0 aromatic heterocycles. The Labute approximate surface area is 112 Å². The van der Waals surface area contributed by atoms with E-state index in [4.69, 9.17) is 0 Å². The van der Waals surface area contributed by atoms with Crippen molar-refractivity contribution in [2.45, 2.75) is 95.7 Å². The fourth-order valence-corrected chi connectivity index (χ4v) is 3.99. The van der Waals surface area contributed by atoms with Crippen LogP contribution < -0.4 is 0 Å². The zero-order valence-electron chi connectivity index (χ0n) is 12.1. The van der Waals surface area contributed by atoms with Gasteiger partial charge in [0.1, 0.15) is 5.54 Å². The summed E-state index contributed by atoms with van der Waals surface area (Å²) < 4.78 is 0. The Morgan fingerprint density at radius 3 is 1.56 bits per heavy atom. The smallest absolute Gasteiger partial charge is 0.104 e. The Bertz CT molecular complexity index is 273. The van der Waals surface area contributed by atoms with E-state index in [1.165, 1.54) is 64.2 Å². The fourth-order valence-electron chi connectivity index (χ4n) is 3.99. The maximum atomic E-state index is 9.53. The molecule has 102 valence electrons. The molecule has 0 aromatic carbocycles. The Balaban J connectivity index is 2.13. The van der Waals surface area contributed by atoms with Crippen molar-refractivity contribution in [3.8, 4) is 6.07 Å². The SMILES string of the molecule is CC(C)(C#N)N(C1CCCCC1)C1CCCCC1. The molecule has 0 aromatic rings. The minimum absolute atomic E-state index is 0.288. The van der Waals surface area contributed by atoms with Gasteiger partial charge in [0.25, 0.3) is 0 Å². The maximum absolute atomic E-state index is 9.53. The Hall–Kier alpha value is -0.550. The average molecular weight is 248 g/mol. The molecule has 0 unspecified atom stereocenters. The van der Waals surface area contributed by atoms with Crippen molar-refractivity contribution in [1.82, 2.24) is 4.90 Å². The Kier molecular flexibility index (Phi) is 4.67. The number of hydrogen-bond donors (Lipinski definition) is 0. The molecule has 2 heteroatoms. The molecule has 0 spiro atoms. The lowest BCUT2D eigenvalue weighted by Crippen LogP contribution is -2.55. The van der Waals surface area contributed by atoms with E-state index in [2.05, 4.69) is 24.8 Å². The highest BCUT2D eigenvalue weighted by Gasteiger charge is 2.38. The summed E-state index contributed by atoms with van der Waals surface area (Å²) in [4.78, 5) is 2.60. The highest BCUT2D eigenvalue weighted by atomic mass is 15.2. The predicted molar refractivity (Wildman–Crippen MR) is 75.3 cm³/mol. The Morgan fingerprint density at radius 2 is 1.22 bits per heavy atom. The molecule has 0 aliphatic heterocycles. The summed E-state index contributed by atoms with van der Waals surface area (Å²) in [6.45, 7) is 4.24. The van der Waals surface area contributed by atoms with Crippen LogP contribution in [-0.2, 0) is 0 Å². The molecular formula is C16H28N2. The summed E-state index contributed by atoms with van der Waals surface area (Å²) in [7, 11) is 0. The molecule has 0 heterocycles. The molecule has 0 saturated heterocycles. The van der Waals surface area contributed by atoms with Crippen molar-refractivity contribution in [3.63, 3.8) is 0 Å². The van der Waals surface area contributed by atoms with E-state index >= 15 is 0 Å². The van der Waals surface area contributed by atoms with E-state index in [9.17, 15) is 5.26 Å². The zero-order chi connectivity index (χ0) is 13.0. The third-order valence-corrected chi connectivity index (χ3v) is 4.86. The number of hydrogen-bond acceptors (Lipinski definition) is 2.